The van der Waals surface area contributed by atoms with E-state index in [9.17, 15) is 0 Å². The van der Waals surface area contributed by atoms with Gasteiger partial charge in [-0.25, -0.2) is 0 Å². The number of rotatable bonds is 2. The Balaban J connectivity index is 1.64. The molecule has 4 rings (SSSR count). The first-order valence-corrected chi connectivity index (χ1v) is 9.26. The van der Waals surface area contributed by atoms with Crippen molar-refractivity contribution in [2.24, 2.45) is 10.9 Å². The SMILES string of the molecule is C/N=C(\SC)N1[C@@H](c2cc(-c3cccc(C)c3)on2)C[C@H]2C[C@H]21. The molecule has 1 aliphatic carbocycles. The Morgan fingerprint density at radius 3 is 2.96 bits per heavy atom. The fourth-order valence-electron chi connectivity index (χ4n) is 3.69. The van der Waals surface area contributed by atoms with E-state index in [4.69, 9.17) is 4.52 Å². The van der Waals surface area contributed by atoms with Gasteiger partial charge in [-0.1, -0.05) is 40.7 Å². The molecule has 1 aromatic carbocycles. The maximum absolute atomic E-state index is 5.64. The summed E-state index contributed by atoms with van der Waals surface area (Å²) in [7, 11) is 1.87. The van der Waals surface area contributed by atoms with Crippen LogP contribution in [0.2, 0.25) is 0 Å². The lowest BCUT2D eigenvalue weighted by atomic mass is 10.1. The van der Waals surface area contributed by atoms with Crippen LogP contribution in [0.3, 0.4) is 0 Å². The molecule has 1 aliphatic heterocycles. The topological polar surface area (TPSA) is 41.6 Å². The molecule has 0 spiro atoms. The highest BCUT2D eigenvalue weighted by Crippen LogP contribution is 2.54. The van der Waals surface area contributed by atoms with Gasteiger partial charge in [-0.05, 0) is 38.0 Å². The lowest BCUT2D eigenvalue weighted by Gasteiger charge is -2.28. The Bertz CT molecular complexity index is 754. The Morgan fingerprint density at radius 2 is 2.22 bits per heavy atom. The first kappa shape index (κ1) is 14.8. The van der Waals surface area contributed by atoms with Crippen molar-refractivity contribution in [1.82, 2.24) is 10.1 Å². The van der Waals surface area contributed by atoms with Crippen LogP contribution in [-0.4, -0.2) is 34.6 Å². The van der Waals surface area contributed by atoms with Gasteiger partial charge >= 0.3 is 0 Å². The highest BCUT2D eigenvalue weighted by molar-refractivity contribution is 8.13. The summed E-state index contributed by atoms with van der Waals surface area (Å²) in [6, 6.07) is 11.4. The van der Waals surface area contributed by atoms with Gasteiger partial charge in [0.25, 0.3) is 0 Å². The number of nitrogens with zero attached hydrogens (tertiary/aromatic N) is 3. The van der Waals surface area contributed by atoms with Gasteiger partial charge in [0.2, 0.25) is 0 Å². The monoisotopic (exact) mass is 327 g/mol. The molecule has 120 valence electrons. The van der Waals surface area contributed by atoms with Crippen molar-refractivity contribution in [3.8, 4) is 11.3 Å². The summed E-state index contributed by atoms with van der Waals surface area (Å²) in [6.45, 7) is 2.09. The third-order valence-corrected chi connectivity index (χ3v) is 5.63. The Morgan fingerprint density at radius 1 is 1.35 bits per heavy atom. The van der Waals surface area contributed by atoms with E-state index in [-0.39, 0.29) is 0 Å². The molecule has 1 saturated heterocycles. The van der Waals surface area contributed by atoms with Crippen molar-refractivity contribution in [3.63, 3.8) is 0 Å². The van der Waals surface area contributed by atoms with E-state index in [0.717, 1.165) is 34.5 Å². The van der Waals surface area contributed by atoms with Crippen LogP contribution in [0, 0.1) is 12.8 Å². The van der Waals surface area contributed by atoms with Crippen LogP contribution in [0.15, 0.2) is 39.8 Å². The quantitative estimate of drug-likeness (QED) is 0.614. The van der Waals surface area contributed by atoms with E-state index in [0.29, 0.717) is 12.1 Å². The zero-order valence-corrected chi connectivity index (χ0v) is 14.5. The molecule has 4 nitrogen and oxygen atoms in total. The molecule has 0 amide bonds. The van der Waals surface area contributed by atoms with Crippen LogP contribution in [-0.2, 0) is 0 Å². The van der Waals surface area contributed by atoms with Gasteiger partial charge < -0.3 is 9.42 Å². The number of benzene rings is 1. The van der Waals surface area contributed by atoms with Crippen LogP contribution < -0.4 is 0 Å². The Kier molecular flexibility index (Phi) is 3.68. The third kappa shape index (κ3) is 2.57. The number of hydrogen-bond donors (Lipinski definition) is 0. The fourth-order valence-corrected chi connectivity index (χ4v) is 4.34. The van der Waals surface area contributed by atoms with E-state index in [1.165, 1.54) is 12.0 Å². The maximum atomic E-state index is 5.64. The van der Waals surface area contributed by atoms with Gasteiger partial charge in [-0.3, -0.25) is 4.99 Å². The minimum atomic E-state index is 0.298. The molecule has 0 radical (unpaired) electrons. The summed E-state index contributed by atoms with van der Waals surface area (Å²) in [6.07, 6.45) is 4.54. The van der Waals surface area contributed by atoms with Crippen molar-refractivity contribution in [1.29, 1.82) is 0 Å². The molecule has 0 N–H and O–H groups in total. The fraction of sp³-hybridized carbons (Fsp3) is 0.444. The molecule has 2 aliphatic rings. The summed E-state index contributed by atoms with van der Waals surface area (Å²) in [4.78, 5) is 6.92. The van der Waals surface area contributed by atoms with Crippen LogP contribution in [0.25, 0.3) is 11.3 Å². The number of piperidine rings is 1. The Hall–Kier alpha value is -1.75. The van der Waals surface area contributed by atoms with Crippen molar-refractivity contribution < 1.29 is 4.52 Å². The van der Waals surface area contributed by atoms with Crippen LogP contribution >= 0.6 is 11.8 Å². The predicted octanol–water partition coefficient (Wildman–Crippen LogP) is 4.13. The third-order valence-electron chi connectivity index (χ3n) is 4.87. The number of amidine groups is 1. The van der Waals surface area contributed by atoms with Crippen molar-refractivity contribution in [3.05, 3.63) is 41.6 Å². The molecular formula is C18H21N3OS. The van der Waals surface area contributed by atoms with E-state index < -0.39 is 0 Å². The standard InChI is InChI=1S/C18H21N3OS/c1-11-5-4-6-12(7-11)17-10-14(20-22-17)16-9-13-8-15(13)21(16)18(19-2)23-3/h4-7,10,13,15-16H,8-9H2,1-3H3/b19-18-/t13-,15-,16-/m1/s1. The molecule has 2 fully saturated rings. The highest BCUT2D eigenvalue weighted by atomic mass is 32.2. The first-order chi connectivity index (χ1) is 11.2. The number of hydrogen-bond acceptors (Lipinski definition) is 4. The summed E-state index contributed by atoms with van der Waals surface area (Å²) in [5, 5.41) is 5.49. The van der Waals surface area contributed by atoms with Gasteiger partial charge in [0.1, 0.15) is 5.69 Å². The second kappa shape index (κ2) is 5.71. The minimum Gasteiger partial charge on any atom is -0.356 e. The number of likely N-dealkylation sites (tertiary alicyclic amines) is 1. The van der Waals surface area contributed by atoms with Gasteiger partial charge in [0.15, 0.2) is 10.9 Å². The Labute approximate surface area is 141 Å². The number of aliphatic imine (C=N–C) groups is 1. The van der Waals surface area contributed by atoms with Crippen molar-refractivity contribution in [2.45, 2.75) is 31.8 Å². The average molecular weight is 327 g/mol. The smallest absolute Gasteiger partial charge is 0.167 e. The minimum absolute atomic E-state index is 0.298. The molecule has 2 aromatic rings. The molecule has 3 atom stereocenters. The zero-order valence-electron chi connectivity index (χ0n) is 13.7. The van der Waals surface area contributed by atoms with Gasteiger partial charge in [-0.15, -0.1) is 0 Å². The first-order valence-electron chi connectivity index (χ1n) is 8.04. The van der Waals surface area contributed by atoms with Crippen molar-refractivity contribution >= 4 is 16.9 Å². The van der Waals surface area contributed by atoms with E-state index >= 15 is 0 Å². The van der Waals surface area contributed by atoms with E-state index in [1.54, 1.807) is 11.8 Å². The number of fused-ring (bicyclic) bond motifs is 1. The molecule has 23 heavy (non-hydrogen) atoms. The lowest BCUT2D eigenvalue weighted by molar-refractivity contribution is 0.327. The second-order valence-electron chi connectivity index (χ2n) is 6.42. The summed E-state index contributed by atoms with van der Waals surface area (Å²) >= 11 is 1.72. The molecule has 5 heteroatoms. The molecule has 1 saturated carbocycles. The summed E-state index contributed by atoms with van der Waals surface area (Å²) < 4.78 is 5.64. The van der Waals surface area contributed by atoms with Gasteiger partial charge in [-0.2, -0.15) is 0 Å². The number of aromatic nitrogens is 1. The molecule has 0 bridgehead atoms. The second-order valence-corrected chi connectivity index (χ2v) is 7.19. The number of thioether (sulfide) groups is 1. The van der Waals surface area contributed by atoms with Crippen LogP contribution in [0.5, 0.6) is 0 Å². The molecule has 2 heterocycles. The van der Waals surface area contributed by atoms with Gasteiger partial charge in [0.05, 0.1) is 6.04 Å². The molecule has 1 aromatic heterocycles. The molecule has 0 unspecified atom stereocenters. The predicted molar refractivity (Wildman–Crippen MR) is 94.6 cm³/mol. The average Bonchev–Trinajstić information content (AvgIpc) is 2.99. The van der Waals surface area contributed by atoms with E-state index in [1.807, 2.05) is 7.05 Å². The summed E-state index contributed by atoms with van der Waals surface area (Å²) in [5.74, 6) is 1.64. The lowest BCUT2D eigenvalue weighted by Crippen LogP contribution is -2.31. The number of aryl methyl sites for hydroxylation is 1. The highest BCUT2D eigenvalue weighted by Gasteiger charge is 2.54. The summed E-state index contributed by atoms with van der Waals surface area (Å²) in [5.41, 5.74) is 3.35. The van der Waals surface area contributed by atoms with Crippen LogP contribution in [0.1, 0.15) is 30.1 Å². The zero-order chi connectivity index (χ0) is 16.0. The molecular weight excluding hydrogens is 306 g/mol. The van der Waals surface area contributed by atoms with Crippen LogP contribution in [0.4, 0.5) is 0 Å². The van der Waals surface area contributed by atoms with E-state index in [2.05, 4.69) is 58.6 Å². The van der Waals surface area contributed by atoms with Crippen molar-refractivity contribution in [2.75, 3.05) is 13.3 Å². The largest absolute Gasteiger partial charge is 0.356 e. The normalized spacial score (nSPS) is 26.5. The maximum Gasteiger partial charge on any atom is 0.167 e. The van der Waals surface area contributed by atoms with Gasteiger partial charge in [0, 0.05) is 24.7 Å².